The highest BCUT2D eigenvalue weighted by atomic mass is 35.5. The van der Waals surface area contributed by atoms with Gasteiger partial charge >= 0.3 is 12.1 Å². The van der Waals surface area contributed by atoms with Gasteiger partial charge in [0, 0.05) is 24.2 Å². The number of allylic oxidation sites excluding steroid dienone is 2. The number of carbonyl (C=O) groups is 1. The molecule has 0 radical (unpaired) electrons. The molecule has 1 aromatic rings. The molecular formula is C16H17ClF3N3O2S. The van der Waals surface area contributed by atoms with E-state index in [1.54, 1.807) is 13.1 Å². The van der Waals surface area contributed by atoms with E-state index in [0.29, 0.717) is 16.9 Å². The Morgan fingerprint density at radius 1 is 1.50 bits per heavy atom. The molecule has 1 rings (SSSR count). The van der Waals surface area contributed by atoms with Crippen LogP contribution in [0.1, 0.15) is 18.1 Å². The number of pyridine rings is 1. The van der Waals surface area contributed by atoms with E-state index >= 15 is 0 Å². The second kappa shape index (κ2) is 9.75. The number of aliphatic imine (C=N–C) groups is 1. The third-order valence-corrected chi connectivity index (χ3v) is 4.19. The van der Waals surface area contributed by atoms with Crippen molar-refractivity contribution < 1.29 is 22.7 Å². The zero-order valence-electron chi connectivity index (χ0n) is 14.1. The second-order valence-electron chi connectivity index (χ2n) is 5.01. The summed E-state index contributed by atoms with van der Waals surface area (Å²) in [6.07, 6.45) is -1.12. The zero-order chi connectivity index (χ0) is 19.9. The van der Waals surface area contributed by atoms with Crippen molar-refractivity contribution in [1.82, 2.24) is 4.98 Å². The van der Waals surface area contributed by atoms with Gasteiger partial charge in [0.2, 0.25) is 0 Å². The predicted molar refractivity (Wildman–Crippen MR) is 96.8 cm³/mol. The molecule has 0 saturated carbocycles. The normalized spacial score (nSPS) is 12.9. The molecular weight excluding hydrogens is 391 g/mol. The Hall–Kier alpha value is -1.84. The minimum Gasteiger partial charge on any atom is -0.426 e. The highest BCUT2D eigenvalue weighted by Gasteiger charge is 2.34. The van der Waals surface area contributed by atoms with Crippen LogP contribution in [0.25, 0.3) is 0 Å². The number of aryl methyl sites for hydroxylation is 1. The van der Waals surface area contributed by atoms with Gasteiger partial charge in [-0.1, -0.05) is 18.2 Å². The van der Waals surface area contributed by atoms with Crippen molar-refractivity contribution in [2.24, 2.45) is 10.7 Å². The molecule has 0 bridgehead atoms. The molecule has 1 aromatic heterocycles. The quantitative estimate of drug-likeness (QED) is 0.252. The van der Waals surface area contributed by atoms with Crippen LogP contribution in [0.2, 0.25) is 5.02 Å². The molecule has 0 saturated heterocycles. The summed E-state index contributed by atoms with van der Waals surface area (Å²) in [6.45, 7) is 6.01. The molecule has 0 atom stereocenters. The van der Waals surface area contributed by atoms with Crippen molar-refractivity contribution in [2.75, 3.05) is 6.54 Å². The van der Waals surface area contributed by atoms with Crippen molar-refractivity contribution in [3.8, 4) is 0 Å². The lowest BCUT2D eigenvalue weighted by atomic mass is 10.2. The number of rotatable bonds is 6. The Labute approximate surface area is 158 Å². The van der Waals surface area contributed by atoms with E-state index in [9.17, 15) is 18.0 Å². The smallest absolute Gasteiger partial charge is 0.426 e. The Morgan fingerprint density at radius 3 is 2.69 bits per heavy atom. The summed E-state index contributed by atoms with van der Waals surface area (Å²) in [5.74, 6) is -1.07. The fraction of sp³-hybridized carbons (Fsp3) is 0.312. The summed E-state index contributed by atoms with van der Waals surface area (Å²) in [6, 6.07) is 0. The van der Waals surface area contributed by atoms with Crippen molar-refractivity contribution in [3.05, 3.63) is 52.7 Å². The molecule has 0 aromatic carbocycles. The molecule has 26 heavy (non-hydrogen) atoms. The molecule has 0 unspecified atom stereocenters. The van der Waals surface area contributed by atoms with Crippen LogP contribution >= 0.6 is 23.4 Å². The second-order valence-corrected chi connectivity index (χ2v) is 6.58. The van der Waals surface area contributed by atoms with Crippen LogP contribution < -0.4 is 5.73 Å². The third-order valence-electron chi connectivity index (χ3n) is 2.92. The minimum absolute atomic E-state index is 0.152. The van der Waals surface area contributed by atoms with E-state index in [4.69, 9.17) is 17.3 Å². The molecule has 5 nitrogen and oxygen atoms in total. The molecule has 1 heterocycles. The van der Waals surface area contributed by atoms with Gasteiger partial charge < -0.3 is 10.5 Å². The van der Waals surface area contributed by atoms with Crippen LogP contribution in [0.5, 0.6) is 0 Å². The molecule has 0 fully saturated rings. The van der Waals surface area contributed by atoms with Crippen molar-refractivity contribution in [2.45, 2.75) is 25.8 Å². The number of ether oxygens (including phenoxy) is 1. The molecule has 10 heteroatoms. The average molecular weight is 408 g/mol. The first-order valence-corrected chi connectivity index (χ1v) is 8.56. The summed E-state index contributed by atoms with van der Waals surface area (Å²) in [5, 5.41) is 0.581. The van der Waals surface area contributed by atoms with Gasteiger partial charge in [-0.15, -0.1) is 11.8 Å². The van der Waals surface area contributed by atoms with Gasteiger partial charge in [-0.3, -0.25) is 9.78 Å². The van der Waals surface area contributed by atoms with Gasteiger partial charge in [-0.2, -0.15) is 13.2 Å². The first-order valence-electron chi connectivity index (χ1n) is 7.20. The van der Waals surface area contributed by atoms with Crippen LogP contribution in [0, 0.1) is 6.92 Å². The summed E-state index contributed by atoms with van der Waals surface area (Å²) in [7, 11) is 0. The SMILES string of the molecule is C=C(/C=C(\N=C(C)SCc1c(C)cncc1Cl)C(F)(F)F)OC(=O)CN. The van der Waals surface area contributed by atoms with Crippen LogP contribution in [-0.4, -0.2) is 28.7 Å². The fourth-order valence-electron chi connectivity index (χ4n) is 1.67. The van der Waals surface area contributed by atoms with E-state index < -0.39 is 30.1 Å². The van der Waals surface area contributed by atoms with Crippen LogP contribution in [-0.2, 0) is 15.3 Å². The predicted octanol–water partition coefficient (Wildman–Crippen LogP) is 4.16. The number of nitrogens with two attached hydrogens (primary N) is 1. The molecule has 0 aliphatic carbocycles. The van der Waals surface area contributed by atoms with E-state index in [-0.39, 0.29) is 5.04 Å². The summed E-state index contributed by atoms with van der Waals surface area (Å²) >= 11 is 7.13. The van der Waals surface area contributed by atoms with E-state index in [2.05, 4.69) is 21.3 Å². The van der Waals surface area contributed by atoms with Crippen molar-refractivity contribution in [3.63, 3.8) is 0 Å². The van der Waals surface area contributed by atoms with Gasteiger partial charge in [-0.25, -0.2) is 4.99 Å². The molecule has 142 valence electrons. The molecule has 2 N–H and O–H groups in total. The molecule has 0 amide bonds. The van der Waals surface area contributed by atoms with Gasteiger partial charge in [0.05, 0.1) is 16.6 Å². The Balaban J connectivity index is 2.95. The molecule has 0 spiro atoms. The van der Waals surface area contributed by atoms with E-state index in [0.717, 1.165) is 22.9 Å². The van der Waals surface area contributed by atoms with E-state index in [1.807, 2.05) is 0 Å². The lowest BCUT2D eigenvalue weighted by Gasteiger charge is -2.11. The Morgan fingerprint density at radius 2 is 2.15 bits per heavy atom. The maximum atomic E-state index is 13.1. The van der Waals surface area contributed by atoms with E-state index in [1.165, 1.54) is 13.1 Å². The van der Waals surface area contributed by atoms with Crippen LogP contribution in [0.4, 0.5) is 13.2 Å². The van der Waals surface area contributed by atoms with Crippen LogP contribution in [0.15, 0.2) is 41.5 Å². The summed E-state index contributed by atoms with van der Waals surface area (Å²) < 4.78 is 43.9. The number of esters is 1. The minimum atomic E-state index is -4.75. The molecule has 0 aliphatic rings. The Kier molecular flexibility index (Phi) is 8.32. The van der Waals surface area contributed by atoms with Gasteiger partial charge in [0.25, 0.3) is 0 Å². The number of hydrogen-bond acceptors (Lipinski definition) is 6. The lowest BCUT2D eigenvalue weighted by molar-refractivity contribution is -0.137. The third kappa shape index (κ3) is 7.19. The topological polar surface area (TPSA) is 77.6 Å². The maximum absolute atomic E-state index is 13.1. The number of thioether (sulfide) groups is 1. The summed E-state index contributed by atoms with van der Waals surface area (Å²) in [4.78, 5) is 18.5. The number of halogens is 4. The van der Waals surface area contributed by atoms with Crippen LogP contribution in [0.3, 0.4) is 0 Å². The Bertz CT molecular complexity index is 728. The molecule has 0 aliphatic heterocycles. The highest BCUT2D eigenvalue weighted by Crippen LogP contribution is 2.30. The standard InChI is InChI=1S/C16H17ClF3N3O2S/c1-9-6-22-7-13(17)12(9)8-26-11(3)23-14(16(18,19)20)4-10(2)25-15(24)5-21/h4,6-7H,2,5,8,21H2,1,3H3/b14-4-,23-11?. The van der Waals surface area contributed by atoms with Gasteiger partial charge in [0.15, 0.2) is 0 Å². The number of carbonyl (C=O) groups excluding carboxylic acids is 1. The van der Waals surface area contributed by atoms with Crippen molar-refractivity contribution >= 4 is 34.4 Å². The maximum Gasteiger partial charge on any atom is 0.433 e. The van der Waals surface area contributed by atoms with Gasteiger partial charge in [-0.05, 0) is 25.0 Å². The largest absolute Gasteiger partial charge is 0.433 e. The van der Waals surface area contributed by atoms with Gasteiger partial charge in [0.1, 0.15) is 11.5 Å². The number of hydrogen-bond donors (Lipinski definition) is 1. The fourth-order valence-corrected chi connectivity index (χ4v) is 2.92. The average Bonchev–Trinajstić information content (AvgIpc) is 2.52. The van der Waals surface area contributed by atoms with Crippen molar-refractivity contribution in [1.29, 1.82) is 0 Å². The lowest BCUT2D eigenvalue weighted by Crippen LogP contribution is -2.17. The first-order chi connectivity index (χ1) is 12.0. The highest BCUT2D eigenvalue weighted by molar-refractivity contribution is 8.13. The number of nitrogens with zero attached hydrogens (tertiary/aromatic N) is 2. The summed E-state index contributed by atoms with van der Waals surface area (Å²) in [5.41, 5.74) is 5.38. The number of aromatic nitrogens is 1. The number of alkyl halides is 3. The monoisotopic (exact) mass is 407 g/mol. The first kappa shape index (κ1) is 22.2. The zero-order valence-corrected chi connectivity index (χ0v) is 15.6.